The van der Waals surface area contributed by atoms with Gasteiger partial charge in [0.1, 0.15) is 5.75 Å². The zero-order chi connectivity index (χ0) is 13.8. The second kappa shape index (κ2) is 5.48. The number of pyridine rings is 2. The summed E-state index contributed by atoms with van der Waals surface area (Å²) in [5, 5.41) is 0. The Balaban J connectivity index is 2.66. The third kappa shape index (κ3) is 2.54. The molecule has 0 fully saturated rings. The predicted molar refractivity (Wildman–Crippen MR) is 70.1 cm³/mol. The maximum atomic E-state index is 11.8. The van der Waals surface area contributed by atoms with Crippen molar-refractivity contribution in [3.05, 3.63) is 42.0 Å². The van der Waals surface area contributed by atoms with Gasteiger partial charge >= 0.3 is 5.97 Å². The molecule has 98 valence electrons. The van der Waals surface area contributed by atoms with Crippen LogP contribution in [0.3, 0.4) is 0 Å². The van der Waals surface area contributed by atoms with Gasteiger partial charge in [-0.15, -0.1) is 0 Å². The highest BCUT2D eigenvalue weighted by Gasteiger charge is 2.17. The molecule has 5 nitrogen and oxygen atoms in total. The summed E-state index contributed by atoms with van der Waals surface area (Å²) in [5.41, 5.74) is 2.71. The van der Waals surface area contributed by atoms with E-state index < -0.39 is 5.97 Å². The van der Waals surface area contributed by atoms with Crippen molar-refractivity contribution in [3.63, 3.8) is 0 Å². The highest BCUT2D eigenvalue weighted by atomic mass is 16.5. The highest BCUT2D eigenvalue weighted by molar-refractivity contribution is 5.97. The van der Waals surface area contributed by atoms with Gasteiger partial charge in [-0.2, -0.15) is 0 Å². The average Bonchev–Trinajstić information content (AvgIpc) is 2.46. The summed E-state index contributed by atoms with van der Waals surface area (Å²) < 4.78 is 10.0. The molecule has 0 bridgehead atoms. The molecule has 2 rings (SSSR count). The van der Waals surface area contributed by atoms with E-state index in [1.165, 1.54) is 13.3 Å². The Hall–Kier alpha value is -2.43. The minimum atomic E-state index is -0.429. The van der Waals surface area contributed by atoms with Gasteiger partial charge in [0.05, 0.1) is 26.0 Å². The van der Waals surface area contributed by atoms with Gasteiger partial charge in [-0.25, -0.2) is 4.79 Å². The largest absolute Gasteiger partial charge is 0.494 e. The topological polar surface area (TPSA) is 61.3 Å². The molecule has 0 amide bonds. The van der Waals surface area contributed by atoms with Crippen molar-refractivity contribution in [2.24, 2.45) is 0 Å². The van der Waals surface area contributed by atoms with E-state index in [1.807, 2.05) is 13.0 Å². The number of ether oxygens (including phenoxy) is 2. The molecule has 0 unspecified atom stereocenters. The lowest BCUT2D eigenvalue weighted by Gasteiger charge is -2.11. The van der Waals surface area contributed by atoms with Gasteiger partial charge in [-0.3, -0.25) is 9.97 Å². The van der Waals surface area contributed by atoms with Crippen LogP contribution in [0.15, 0.2) is 30.7 Å². The number of nitrogens with zero attached hydrogens (tertiary/aromatic N) is 2. The molecule has 0 saturated carbocycles. The fourth-order valence-corrected chi connectivity index (χ4v) is 1.82. The van der Waals surface area contributed by atoms with Crippen molar-refractivity contribution in [2.75, 3.05) is 14.2 Å². The normalized spacial score (nSPS) is 10.1. The molecule has 0 spiro atoms. The van der Waals surface area contributed by atoms with E-state index in [2.05, 4.69) is 9.97 Å². The Morgan fingerprint density at radius 1 is 1.21 bits per heavy atom. The van der Waals surface area contributed by atoms with E-state index >= 15 is 0 Å². The van der Waals surface area contributed by atoms with Crippen LogP contribution < -0.4 is 4.74 Å². The van der Waals surface area contributed by atoms with Crippen molar-refractivity contribution in [3.8, 4) is 16.9 Å². The molecule has 0 N–H and O–H groups in total. The van der Waals surface area contributed by atoms with Crippen molar-refractivity contribution in [1.29, 1.82) is 0 Å². The zero-order valence-electron chi connectivity index (χ0n) is 11.0. The number of esters is 1. The fourth-order valence-electron chi connectivity index (χ4n) is 1.82. The Kier molecular flexibility index (Phi) is 3.75. The standard InChI is InChI=1S/C14H14N2O3/c1-9-6-11(12(7-16-9)14(17)19-3)10-4-5-15-8-13(10)18-2/h4-8H,1-3H3. The van der Waals surface area contributed by atoms with Crippen LogP contribution >= 0.6 is 0 Å². The van der Waals surface area contributed by atoms with E-state index in [0.717, 1.165) is 16.8 Å². The summed E-state index contributed by atoms with van der Waals surface area (Å²) >= 11 is 0. The average molecular weight is 258 g/mol. The second-order valence-electron chi connectivity index (χ2n) is 3.94. The van der Waals surface area contributed by atoms with Gasteiger partial charge in [-0.05, 0) is 19.1 Å². The molecule has 2 aromatic rings. The molecule has 0 radical (unpaired) electrons. The molecule has 0 aliphatic heterocycles. The summed E-state index contributed by atoms with van der Waals surface area (Å²) in [6.45, 7) is 1.86. The number of aryl methyl sites for hydroxylation is 1. The van der Waals surface area contributed by atoms with Crippen LogP contribution in [0, 0.1) is 6.92 Å². The molecule has 2 heterocycles. The molecule has 0 aromatic carbocycles. The summed E-state index contributed by atoms with van der Waals surface area (Å²) in [4.78, 5) is 19.9. The lowest BCUT2D eigenvalue weighted by molar-refractivity contribution is 0.0601. The lowest BCUT2D eigenvalue weighted by atomic mass is 10.0. The van der Waals surface area contributed by atoms with Gasteiger partial charge in [0, 0.05) is 29.2 Å². The third-order valence-electron chi connectivity index (χ3n) is 2.74. The monoisotopic (exact) mass is 258 g/mol. The van der Waals surface area contributed by atoms with Crippen molar-refractivity contribution >= 4 is 5.97 Å². The van der Waals surface area contributed by atoms with Crippen LogP contribution in [0.4, 0.5) is 0 Å². The van der Waals surface area contributed by atoms with Crippen molar-refractivity contribution in [2.45, 2.75) is 6.92 Å². The van der Waals surface area contributed by atoms with E-state index in [4.69, 9.17) is 9.47 Å². The maximum absolute atomic E-state index is 11.8. The molecular formula is C14H14N2O3. The predicted octanol–water partition coefficient (Wildman–Crippen LogP) is 2.25. The number of carbonyl (C=O) groups excluding carboxylic acids is 1. The van der Waals surface area contributed by atoms with Crippen molar-refractivity contribution < 1.29 is 14.3 Å². The van der Waals surface area contributed by atoms with E-state index in [-0.39, 0.29) is 0 Å². The minimum Gasteiger partial charge on any atom is -0.494 e. The number of aromatic nitrogens is 2. The van der Waals surface area contributed by atoms with Gasteiger partial charge in [-0.1, -0.05) is 0 Å². The summed E-state index contributed by atoms with van der Waals surface area (Å²) in [5.74, 6) is 0.166. The first-order valence-corrected chi connectivity index (χ1v) is 5.70. The van der Waals surface area contributed by atoms with E-state index in [1.54, 1.807) is 25.6 Å². The number of hydrogen-bond donors (Lipinski definition) is 0. The Morgan fingerprint density at radius 3 is 2.68 bits per heavy atom. The molecule has 0 aliphatic rings. The van der Waals surface area contributed by atoms with Gasteiger partial charge in [0.15, 0.2) is 0 Å². The van der Waals surface area contributed by atoms with Crippen LogP contribution in [-0.4, -0.2) is 30.2 Å². The smallest absolute Gasteiger partial charge is 0.340 e. The number of methoxy groups -OCH3 is 2. The SMILES string of the molecule is COC(=O)c1cnc(C)cc1-c1ccncc1OC. The third-order valence-corrected chi connectivity index (χ3v) is 2.74. The zero-order valence-corrected chi connectivity index (χ0v) is 11.0. The maximum Gasteiger partial charge on any atom is 0.340 e. The highest BCUT2D eigenvalue weighted by Crippen LogP contribution is 2.31. The molecule has 0 aliphatic carbocycles. The molecule has 2 aromatic heterocycles. The lowest BCUT2D eigenvalue weighted by Crippen LogP contribution is -2.05. The molecule has 19 heavy (non-hydrogen) atoms. The first-order chi connectivity index (χ1) is 9.17. The van der Waals surface area contributed by atoms with Crippen LogP contribution in [-0.2, 0) is 4.74 Å². The Morgan fingerprint density at radius 2 is 2.00 bits per heavy atom. The first kappa shape index (κ1) is 13.0. The second-order valence-corrected chi connectivity index (χ2v) is 3.94. The molecular weight excluding hydrogens is 244 g/mol. The molecule has 0 saturated heterocycles. The van der Waals surface area contributed by atoms with Gasteiger partial charge in [0.25, 0.3) is 0 Å². The van der Waals surface area contributed by atoms with Gasteiger partial charge < -0.3 is 9.47 Å². The quantitative estimate of drug-likeness (QED) is 0.790. The first-order valence-electron chi connectivity index (χ1n) is 5.70. The Bertz CT molecular complexity index is 611. The van der Waals surface area contributed by atoms with Crippen molar-refractivity contribution in [1.82, 2.24) is 9.97 Å². The molecule has 0 atom stereocenters. The fraction of sp³-hybridized carbons (Fsp3) is 0.214. The van der Waals surface area contributed by atoms with E-state index in [0.29, 0.717) is 11.3 Å². The number of rotatable bonds is 3. The summed E-state index contributed by atoms with van der Waals surface area (Å²) in [6.07, 6.45) is 4.76. The molecule has 5 heteroatoms. The van der Waals surface area contributed by atoms with Crippen LogP contribution in [0.25, 0.3) is 11.1 Å². The summed E-state index contributed by atoms with van der Waals surface area (Å²) in [6, 6.07) is 3.62. The van der Waals surface area contributed by atoms with E-state index in [9.17, 15) is 4.79 Å². The summed E-state index contributed by atoms with van der Waals surface area (Å²) in [7, 11) is 2.90. The van der Waals surface area contributed by atoms with Gasteiger partial charge in [0.2, 0.25) is 0 Å². The minimum absolute atomic E-state index is 0.401. The van der Waals surface area contributed by atoms with Crippen LogP contribution in [0.5, 0.6) is 5.75 Å². The number of carbonyl (C=O) groups is 1. The number of hydrogen-bond acceptors (Lipinski definition) is 5. The Labute approximate surface area is 111 Å². The van der Waals surface area contributed by atoms with Crippen LogP contribution in [0.1, 0.15) is 16.1 Å². The van der Waals surface area contributed by atoms with Crippen LogP contribution in [0.2, 0.25) is 0 Å².